The Morgan fingerprint density at radius 2 is 0.750 bits per heavy atom. The van der Waals surface area contributed by atoms with Crippen molar-refractivity contribution in [3.8, 4) is 0 Å². The first kappa shape index (κ1) is 93.2. The van der Waals surface area contributed by atoms with Crippen LogP contribution < -0.4 is 10.0 Å². The molecule has 1 atom stereocenters. The number of hydrogen-bond acceptors (Lipinski definition) is 38. The lowest BCUT2D eigenvalue weighted by atomic mass is 10.1. The van der Waals surface area contributed by atoms with Crippen molar-refractivity contribution in [2.45, 2.75) is 45.3 Å². The average molecular weight is 1710 g/mol. The molecule has 13 heterocycles. The van der Waals surface area contributed by atoms with Crippen molar-refractivity contribution in [3.63, 3.8) is 0 Å². The van der Waals surface area contributed by atoms with Crippen molar-refractivity contribution in [2.75, 3.05) is 282 Å². The number of piperidine rings is 1. The molecule has 0 aromatic carbocycles. The molecule has 0 aliphatic carbocycles. The van der Waals surface area contributed by atoms with E-state index in [0.29, 0.717) is 90.8 Å². The fourth-order valence-electron chi connectivity index (χ4n) is 9.81. The van der Waals surface area contributed by atoms with Gasteiger partial charge in [-0.25, -0.2) is 63.1 Å². The molecule has 0 aromatic heterocycles. The van der Waals surface area contributed by atoms with Gasteiger partial charge in [-0.1, -0.05) is 6.42 Å². The number of sulfonamides is 5. The molecule has 2 N–H and O–H groups in total. The van der Waals surface area contributed by atoms with E-state index in [-0.39, 0.29) is 137 Å². The van der Waals surface area contributed by atoms with Crippen molar-refractivity contribution in [1.82, 2.24) is 51.8 Å². The molecule has 0 radical (unpaired) electrons. The molecule has 0 saturated carbocycles. The van der Waals surface area contributed by atoms with Crippen LogP contribution in [0.5, 0.6) is 0 Å². The first-order chi connectivity index (χ1) is 48.8. The van der Waals surface area contributed by atoms with E-state index in [0.717, 1.165) is 74.2 Å². The maximum Gasteiger partial charge on any atom is 0.271 e. The Morgan fingerprint density at radius 1 is 0.327 bits per heavy atom. The van der Waals surface area contributed by atoms with Crippen LogP contribution in [0.1, 0.15) is 39.0 Å². The molecule has 616 valence electrons. The SMILES string of the molecule is CC1NS(=O)(=O)CCO1.CN1COCCS1(=O)=O.O=S1(=O)CCN(CN2CCCOC2)CC1.O=S1(=O)CCN(CN2CCCOC2)CO1.O=S1(=O)CCNCO1.O=S1(=O)CCOCC1.O=S1(=O)CCOCN1CN1CCCCC1.O=S1(=O)CCOCN1CN1COCCS1(=O)=O.O=S1(=O)CCOCO1. The smallest absolute Gasteiger partial charge is 0.271 e. The fraction of sp³-hybridized carbons (Fsp3) is 1.00. The summed E-state index contributed by atoms with van der Waals surface area (Å²) in [7, 11) is -29.4. The quantitative estimate of drug-likeness (QED) is 0.213. The summed E-state index contributed by atoms with van der Waals surface area (Å²) in [6.45, 7) is 15.5. The monoisotopic (exact) mass is 1700 g/mol. The Bertz CT molecular complexity index is 3470. The van der Waals surface area contributed by atoms with Gasteiger partial charge in [0.2, 0.25) is 50.1 Å². The van der Waals surface area contributed by atoms with Gasteiger partial charge in [-0.2, -0.15) is 47.2 Å². The average Bonchev–Trinajstić information content (AvgIpc) is 0.816. The number of nitrogens with one attached hydrogen (secondary N) is 2. The first-order valence-electron chi connectivity index (χ1n) is 33.2. The van der Waals surface area contributed by atoms with Crippen molar-refractivity contribution < 1.29 is 139 Å². The van der Waals surface area contributed by atoms with Gasteiger partial charge in [-0.3, -0.25) is 38.2 Å². The first-order valence-corrected chi connectivity index (χ1v) is 49.7. The fourth-order valence-corrected chi connectivity index (χ4v) is 19.8. The summed E-state index contributed by atoms with van der Waals surface area (Å²) in [6.07, 6.45) is 5.37. The van der Waals surface area contributed by atoms with Crippen LogP contribution in [0.3, 0.4) is 0 Å². The van der Waals surface area contributed by atoms with Crippen LogP contribution in [0.2, 0.25) is 0 Å². The third kappa shape index (κ3) is 38.7. The highest BCUT2D eigenvalue weighted by Crippen LogP contribution is 2.17. The number of hydrogen-bond donors (Lipinski definition) is 2. The van der Waals surface area contributed by atoms with Gasteiger partial charge in [0.1, 0.15) is 46.6 Å². The van der Waals surface area contributed by atoms with Crippen LogP contribution in [-0.2, 0) is 155 Å². The van der Waals surface area contributed by atoms with E-state index in [4.69, 9.17) is 42.1 Å². The van der Waals surface area contributed by atoms with E-state index in [1.807, 2.05) is 4.90 Å². The van der Waals surface area contributed by atoms with Crippen LogP contribution in [-0.4, -0.2) is 414 Å². The summed E-state index contributed by atoms with van der Waals surface area (Å²) in [4.78, 5) is 10.7. The minimum Gasteiger partial charge on any atom is -0.379 e. The zero-order valence-electron chi connectivity index (χ0n) is 58.7. The summed E-state index contributed by atoms with van der Waals surface area (Å²) in [6, 6.07) is 0. The van der Waals surface area contributed by atoms with Gasteiger partial charge in [0, 0.05) is 59.5 Å². The molecule has 13 fully saturated rings. The topological polar surface area (TPSA) is 505 Å². The summed E-state index contributed by atoms with van der Waals surface area (Å²) in [5, 5.41) is 2.74. The lowest BCUT2D eigenvalue weighted by molar-refractivity contribution is -0.0507. The van der Waals surface area contributed by atoms with E-state index >= 15 is 0 Å². The van der Waals surface area contributed by atoms with Crippen LogP contribution >= 0.6 is 0 Å². The number of rotatable bonds is 8. The highest BCUT2D eigenvalue weighted by atomic mass is 32.2. The molecule has 0 amide bonds. The van der Waals surface area contributed by atoms with Crippen molar-refractivity contribution in [1.29, 1.82) is 0 Å². The molecule has 13 aliphatic rings. The zero-order chi connectivity index (χ0) is 76.6. The van der Waals surface area contributed by atoms with Gasteiger partial charge in [0.15, 0.2) is 26.5 Å². The van der Waals surface area contributed by atoms with E-state index in [1.54, 1.807) is 6.92 Å². The molecule has 0 spiro atoms. The molecular weight excluding hydrogens is 1600 g/mol. The number of sulfone groups is 2. The molecule has 43 nitrogen and oxygen atoms in total. The maximum atomic E-state index is 11.7. The minimum absolute atomic E-state index is 0.0208. The lowest BCUT2D eigenvalue weighted by Crippen LogP contribution is -2.51. The van der Waals surface area contributed by atoms with Gasteiger partial charge in [0.05, 0.1) is 162 Å². The summed E-state index contributed by atoms with van der Waals surface area (Å²) >= 11 is 0. The largest absolute Gasteiger partial charge is 0.379 e. The zero-order valence-corrected chi connectivity index (χ0v) is 66.9. The molecule has 0 aromatic rings. The summed E-state index contributed by atoms with van der Waals surface area (Å²) in [5.41, 5.74) is 0. The molecule has 13 rings (SSSR count). The van der Waals surface area contributed by atoms with Gasteiger partial charge in [-0.15, -0.1) is 0 Å². The van der Waals surface area contributed by atoms with Crippen LogP contribution in [0, 0.1) is 0 Å². The molecular formula is C51H105N11O32S10. The Balaban J connectivity index is 0.000000213. The van der Waals surface area contributed by atoms with Gasteiger partial charge >= 0.3 is 0 Å². The second-order valence-corrected chi connectivity index (χ2v) is 44.7. The Hall–Kier alpha value is -1.42. The predicted octanol–water partition coefficient (Wildman–Crippen LogP) is -7.01. The molecule has 0 bridgehead atoms. The highest BCUT2D eigenvalue weighted by molar-refractivity contribution is 7.92. The molecule has 1 unspecified atom stereocenters. The Kier molecular flexibility index (Phi) is 40.6. The van der Waals surface area contributed by atoms with Crippen molar-refractivity contribution in [2.24, 2.45) is 0 Å². The molecule has 13 saturated heterocycles. The second kappa shape index (κ2) is 45.3. The third-order valence-electron chi connectivity index (χ3n) is 15.9. The maximum absolute atomic E-state index is 11.7. The standard InChI is InChI=1S/2C9H18N2O3S.C8H16N2O4S.C7H14N2O6S2.2C4H9NO3S.C4H8O3S.C3H7NO3S.C3H6O4S/c12-15(13)6-3-10(4-7-15)8-11-2-1-5-14-9-11;12-15(13)7-6-14-9-11(15)8-10-4-2-1-3-5-10;11-15(12)5-3-10(8-14-15)6-9-2-1-4-13-7-9;10-16(11)3-1-14-6-8(16)5-9-7-15-2-4-17(9,12)13;1-5-4-8-2-3-9(5,6)7;1-4-5-9(6,7)3-2-8-4;5-8(6)3-1-7-2-4-8;5-8(6)2-1-4-3-7-8;4-8(5)2-1-6-3-7-8/h2*1-9H2;1-8H2;1-7H2;2-4H2,1H3;4-5H,2-3H2,1H3;1-4H2;4H,1-3H2;1-3H2. The van der Waals surface area contributed by atoms with E-state index in [2.05, 4.69) is 42.7 Å². The number of ether oxygens (including phenoxy) is 9. The van der Waals surface area contributed by atoms with Crippen LogP contribution in [0.15, 0.2) is 0 Å². The highest BCUT2D eigenvalue weighted by Gasteiger charge is 2.35. The predicted molar refractivity (Wildman–Crippen MR) is 373 cm³/mol. The van der Waals surface area contributed by atoms with E-state index in [9.17, 15) is 84.2 Å². The summed E-state index contributed by atoms with van der Waals surface area (Å²) < 4.78 is 285. The molecule has 53 heteroatoms. The Labute approximate surface area is 614 Å². The molecule has 104 heavy (non-hydrogen) atoms. The minimum atomic E-state index is -3.43. The summed E-state index contributed by atoms with van der Waals surface area (Å²) in [5.74, 6) is 1.25. The normalized spacial score (nSPS) is 29.2. The lowest BCUT2D eigenvalue weighted by Gasteiger charge is -2.34. The third-order valence-corrected chi connectivity index (χ3v) is 30.7. The number of likely N-dealkylation sites (tertiary alicyclic amines) is 1. The van der Waals surface area contributed by atoms with Crippen molar-refractivity contribution >= 4 is 100 Å². The Morgan fingerprint density at radius 3 is 1.11 bits per heavy atom. The van der Waals surface area contributed by atoms with Gasteiger partial charge < -0.3 is 42.6 Å². The second-order valence-electron chi connectivity index (χ2n) is 24.5. The van der Waals surface area contributed by atoms with Crippen LogP contribution in [0.4, 0.5) is 0 Å². The van der Waals surface area contributed by atoms with E-state index in [1.165, 1.54) is 34.9 Å². The van der Waals surface area contributed by atoms with Gasteiger partial charge in [-0.05, 0) is 45.7 Å². The van der Waals surface area contributed by atoms with E-state index < -0.39 is 100 Å². The number of nitrogens with zero attached hydrogens (tertiary/aromatic N) is 9. The van der Waals surface area contributed by atoms with Crippen molar-refractivity contribution in [3.05, 3.63) is 0 Å². The van der Waals surface area contributed by atoms with Crippen LogP contribution in [0.25, 0.3) is 0 Å². The van der Waals surface area contributed by atoms with Gasteiger partial charge in [0.25, 0.3) is 30.4 Å². The molecule has 13 aliphatic heterocycles.